The third-order valence-corrected chi connectivity index (χ3v) is 19.3. The second-order valence-corrected chi connectivity index (χ2v) is 25.8. The molecule has 4 aliphatic heterocycles. The number of sulfonamides is 1. The molecule has 4 fully saturated rings. The van der Waals surface area contributed by atoms with Crippen molar-refractivity contribution < 1.29 is 85.5 Å². The maximum atomic E-state index is 15.0. The van der Waals surface area contributed by atoms with Crippen molar-refractivity contribution in [2.24, 2.45) is 28.8 Å². The summed E-state index contributed by atoms with van der Waals surface area (Å²) in [5, 5.41) is 61.1. The number of benzene rings is 1. The van der Waals surface area contributed by atoms with Gasteiger partial charge in [-0.3, -0.25) is 4.79 Å². The summed E-state index contributed by atoms with van der Waals surface area (Å²) in [4.78, 5) is 22.3. The molecule has 21 atom stereocenters. The lowest BCUT2D eigenvalue weighted by atomic mass is 9.73. The van der Waals surface area contributed by atoms with Crippen molar-refractivity contribution in [3.8, 4) is 0 Å². The Bertz CT molecular complexity index is 2480. The van der Waals surface area contributed by atoms with Crippen LogP contribution in [0.5, 0.6) is 0 Å². The number of carbonyl (C=O) groups is 1. The predicted molar refractivity (Wildman–Crippen MR) is 299 cm³/mol. The van der Waals surface area contributed by atoms with Gasteiger partial charge >= 0.3 is 5.97 Å². The van der Waals surface area contributed by atoms with Gasteiger partial charge in [-0.1, -0.05) is 62.3 Å². The summed E-state index contributed by atoms with van der Waals surface area (Å²) in [6, 6.07) is 5.54. The molecule has 1 unspecified atom stereocenters. The number of cyclic esters (lactones) is 1. The van der Waals surface area contributed by atoms with E-state index in [4.69, 9.17) is 47.5 Å². The minimum Gasteiger partial charge on any atom is -0.459 e. The summed E-state index contributed by atoms with van der Waals surface area (Å²) in [6.07, 6.45) is -7.31. The number of nitrogens with zero attached hydrogens (tertiary/aromatic N) is 5. The van der Waals surface area contributed by atoms with E-state index in [1.165, 1.54) is 40.0 Å². The Kier molecular flexibility index (Phi) is 23.9. The summed E-state index contributed by atoms with van der Waals surface area (Å²) in [5.41, 5.74) is -1.99. The number of ether oxygens (including phenoxy) is 9. The smallest absolute Gasteiger partial charge is 0.311 e. The van der Waals surface area contributed by atoms with E-state index in [2.05, 4.69) is 20.2 Å². The molecule has 0 spiro atoms. The zero-order valence-corrected chi connectivity index (χ0v) is 51.5. The Morgan fingerprint density at radius 3 is 2.24 bits per heavy atom. The number of carbonyl (C=O) groups excluding carboxylic acids is 1. The first-order valence-corrected chi connectivity index (χ1v) is 30.4. The Labute approximate surface area is 484 Å². The molecule has 5 heterocycles. The van der Waals surface area contributed by atoms with Gasteiger partial charge in [-0.25, -0.2) is 22.2 Å². The minimum absolute atomic E-state index is 0.0731. The zero-order chi connectivity index (χ0) is 60.6. The van der Waals surface area contributed by atoms with Crippen molar-refractivity contribution in [2.75, 3.05) is 61.3 Å². The number of rotatable bonds is 20. The highest BCUT2D eigenvalue weighted by Gasteiger charge is 2.54. The van der Waals surface area contributed by atoms with E-state index >= 15 is 4.39 Å². The van der Waals surface area contributed by atoms with Crippen LogP contribution in [0.15, 0.2) is 35.6 Å². The van der Waals surface area contributed by atoms with Gasteiger partial charge in [0, 0.05) is 83.9 Å². The summed E-state index contributed by atoms with van der Waals surface area (Å²) >= 11 is 0. The van der Waals surface area contributed by atoms with Gasteiger partial charge in [-0.2, -0.15) is 0 Å². The van der Waals surface area contributed by atoms with Gasteiger partial charge in [0.05, 0.1) is 64.8 Å². The molecule has 4 saturated heterocycles. The number of nitrogens with one attached hydrogen (secondary N) is 1. The van der Waals surface area contributed by atoms with Gasteiger partial charge in [0.2, 0.25) is 16.8 Å². The minimum atomic E-state index is -3.35. The Morgan fingerprint density at radius 2 is 1.63 bits per heavy atom. The van der Waals surface area contributed by atoms with Crippen LogP contribution in [0.1, 0.15) is 143 Å². The SMILES string of the molecule is CC[C@H]1OC(=O)[C@H](C)[C@@H](O[C@H]2C[C@@](C)(OC)[C@@H](O)[C@H](C)O2)[C@H](C)[C@@H](O[C@@H]2O[C@H](C)C[C@H](N(C)CCc3cn([C@H](CF)[C@H](OC)c4ccc(C5CCCS(=O)(=O)N5)cc4)nn3)[C@H]2O)[C@](C)(OC)C[C@@H](C)/C(=N\OCOC)[C@H](C)[C@@H](O)[C@]1(C)O. The Morgan fingerprint density at radius 1 is 0.951 bits per heavy atom. The van der Waals surface area contributed by atoms with E-state index in [-0.39, 0.29) is 37.9 Å². The molecule has 6 rings (SSSR count). The number of alkyl halides is 1. The number of aromatic nitrogens is 3. The number of methoxy groups -OCH3 is 4. The highest BCUT2D eigenvalue weighted by Crippen LogP contribution is 2.43. The van der Waals surface area contributed by atoms with E-state index in [0.717, 1.165) is 5.56 Å². The van der Waals surface area contributed by atoms with Gasteiger partial charge in [-0.15, -0.1) is 5.10 Å². The number of aliphatic hydroxyl groups is 4. The van der Waals surface area contributed by atoms with Crippen molar-refractivity contribution in [3.05, 3.63) is 47.3 Å². The molecule has 0 bridgehead atoms. The molecule has 4 aliphatic rings. The van der Waals surface area contributed by atoms with Gasteiger partial charge in [0.15, 0.2) is 12.6 Å². The number of halogens is 1. The average Bonchev–Trinajstić information content (AvgIpc) is 4.08. The molecule has 468 valence electrons. The number of hydrogen-bond acceptors (Lipinski definition) is 21. The van der Waals surface area contributed by atoms with Crippen molar-refractivity contribution in [1.82, 2.24) is 24.6 Å². The fourth-order valence-corrected chi connectivity index (χ4v) is 14.0. The maximum Gasteiger partial charge on any atom is 0.311 e. The molecule has 2 aromatic rings. The van der Waals surface area contributed by atoms with Gasteiger partial charge in [0.1, 0.15) is 42.7 Å². The van der Waals surface area contributed by atoms with Gasteiger partial charge < -0.3 is 72.8 Å². The first-order valence-electron chi connectivity index (χ1n) is 28.8. The second-order valence-electron chi connectivity index (χ2n) is 23.9. The first kappa shape index (κ1) is 67.7. The lowest BCUT2D eigenvalue weighted by molar-refractivity contribution is -0.319. The van der Waals surface area contributed by atoms with Crippen molar-refractivity contribution >= 4 is 21.7 Å². The van der Waals surface area contributed by atoms with Crippen LogP contribution >= 0.6 is 0 Å². The molecule has 0 aliphatic carbocycles. The molecule has 82 heavy (non-hydrogen) atoms. The maximum absolute atomic E-state index is 15.0. The summed E-state index contributed by atoms with van der Waals surface area (Å²) in [7, 11) is 4.49. The van der Waals surface area contributed by atoms with Crippen LogP contribution < -0.4 is 4.72 Å². The highest BCUT2D eigenvalue weighted by atomic mass is 32.2. The second kappa shape index (κ2) is 28.9. The number of oxime groups is 1. The van der Waals surface area contributed by atoms with E-state index in [1.54, 1.807) is 40.8 Å². The van der Waals surface area contributed by atoms with Crippen LogP contribution in [-0.2, 0) is 68.7 Å². The summed E-state index contributed by atoms with van der Waals surface area (Å²) < 4.78 is 100. The quantitative estimate of drug-likeness (QED) is 0.0520. The average molecular weight is 1190 g/mol. The molecule has 23 nitrogen and oxygen atoms in total. The van der Waals surface area contributed by atoms with E-state index in [0.29, 0.717) is 49.2 Å². The predicted octanol–water partition coefficient (Wildman–Crippen LogP) is 4.70. The molecule has 0 saturated carbocycles. The fourth-order valence-electron chi connectivity index (χ4n) is 12.7. The molecule has 25 heteroatoms. The van der Waals surface area contributed by atoms with Crippen LogP contribution in [0.3, 0.4) is 0 Å². The van der Waals surface area contributed by atoms with Gasteiger partial charge in [-0.05, 0) is 91.8 Å². The fraction of sp³-hybridized carbons (Fsp3) is 0.825. The Balaban J connectivity index is 1.29. The van der Waals surface area contributed by atoms with Crippen LogP contribution in [0, 0.1) is 23.7 Å². The lowest BCUT2D eigenvalue weighted by Gasteiger charge is -2.50. The van der Waals surface area contributed by atoms with E-state index in [9.17, 15) is 33.6 Å². The largest absolute Gasteiger partial charge is 0.459 e. The number of aliphatic hydroxyl groups excluding tert-OH is 3. The first-order chi connectivity index (χ1) is 38.6. The lowest BCUT2D eigenvalue weighted by Crippen LogP contribution is -2.61. The van der Waals surface area contributed by atoms with Crippen LogP contribution in [0.2, 0.25) is 0 Å². The molecule has 0 amide bonds. The van der Waals surface area contributed by atoms with E-state index in [1.807, 2.05) is 63.9 Å². The Hall–Kier alpha value is -3.38. The van der Waals surface area contributed by atoms with Gasteiger partial charge in [0.25, 0.3) is 0 Å². The third-order valence-electron chi connectivity index (χ3n) is 17.8. The molecular weight excluding hydrogens is 1090 g/mol. The third kappa shape index (κ3) is 15.6. The standard InChI is InChI=1S/C57H95FN6O17S/c1-16-44-57(10,69)50(66)34(4)46(60-76-31-72-12)32(2)27-56(9,75-15)52(35(5)48(36(6)53(68)79-44)80-45-28-55(8,74-14)51(67)37(7)78-45)81-54-47(65)42(26-33(3)77-54)63(11)24-23-40-30-64(62-59-40)43(29-58)49(73-13)39-21-19-38(20-22-39)41-18-17-25-82(70,71)61-41/h19-22,30,32-37,41-45,47-52,54,61,65-67,69H,16-18,23-29,31H2,1-15H3/b60-46+/t32-,33-,34+,35+,36-,37+,41?,42+,43-,44-,45+,47-,48+,49-,50-,51+,52-,54+,55-,56-,57-/m1/s1. The molecule has 0 radical (unpaired) electrons. The molecule has 1 aromatic carbocycles. The molecular formula is C57H95FN6O17S. The number of hydrogen-bond donors (Lipinski definition) is 5. The summed E-state index contributed by atoms with van der Waals surface area (Å²) in [5.74, 6) is -3.97. The van der Waals surface area contributed by atoms with Crippen molar-refractivity contribution in [3.63, 3.8) is 0 Å². The molecule has 5 N–H and O–H groups in total. The van der Waals surface area contributed by atoms with Crippen LogP contribution in [0.25, 0.3) is 0 Å². The number of esters is 1. The topological polar surface area (TPSA) is 283 Å². The number of likely N-dealkylation sites (N-methyl/N-ethyl adjacent to an activating group) is 1. The highest BCUT2D eigenvalue weighted by molar-refractivity contribution is 7.89. The zero-order valence-electron chi connectivity index (χ0n) is 50.7. The van der Waals surface area contributed by atoms with E-state index < -0.39 is 143 Å². The van der Waals surface area contributed by atoms with Crippen molar-refractivity contribution in [1.29, 1.82) is 0 Å². The van der Waals surface area contributed by atoms with Crippen LogP contribution in [0.4, 0.5) is 4.39 Å². The summed E-state index contributed by atoms with van der Waals surface area (Å²) in [6.45, 7) is 16.8. The normalized spacial score (nSPS) is 39.3. The van der Waals surface area contributed by atoms with Crippen molar-refractivity contribution in [2.45, 2.75) is 217 Å². The monoisotopic (exact) mass is 1190 g/mol. The van der Waals surface area contributed by atoms with Crippen LogP contribution in [-0.4, -0.2) is 206 Å². The molecule has 1 aromatic heterocycles.